The van der Waals surface area contributed by atoms with Crippen LogP contribution in [0.5, 0.6) is 0 Å². The molecule has 6 nitrogen and oxygen atoms in total. The molecule has 4 aromatic rings. The maximum Gasteiger partial charge on any atom is 0.164 e. The van der Waals surface area contributed by atoms with E-state index in [0.717, 1.165) is 47.1 Å². The van der Waals surface area contributed by atoms with Crippen molar-refractivity contribution in [1.82, 2.24) is 24.7 Å². The lowest BCUT2D eigenvalue weighted by Gasteiger charge is -2.27. The standard InChI is InChI=1S/C24H26N6S/c1-14-20(15(2)29(3)28-14)18-9-6-12-30(18)23-21-17-8-4-10-19(17)31-24(21)27-22(26-23)16-7-5-11-25-13-16/h5,7,11,13,18H,4,6,8-10,12H2,1-3H3. The SMILES string of the molecule is Cc1nn(C)c(C)c1C1CCCN1c1nc(-c2cccnc2)nc2sc3c(c12)CCC3. The molecule has 6 rings (SSSR count). The molecule has 0 bridgehead atoms. The van der Waals surface area contributed by atoms with Crippen molar-refractivity contribution < 1.29 is 0 Å². The van der Waals surface area contributed by atoms with Crippen molar-refractivity contribution in [2.24, 2.45) is 7.05 Å². The molecule has 1 atom stereocenters. The van der Waals surface area contributed by atoms with E-state index >= 15 is 0 Å². The second-order valence-electron chi connectivity index (χ2n) is 8.71. The van der Waals surface area contributed by atoms with Gasteiger partial charge >= 0.3 is 0 Å². The third kappa shape index (κ3) is 2.90. The topological polar surface area (TPSA) is 59.7 Å². The maximum atomic E-state index is 5.20. The third-order valence-electron chi connectivity index (χ3n) is 6.89. The van der Waals surface area contributed by atoms with Gasteiger partial charge in [0, 0.05) is 47.7 Å². The number of pyridine rings is 1. The van der Waals surface area contributed by atoms with Gasteiger partial charge in [-0.15, -0.1) is 11.3 Å². The summed E-state index contributed by atoms with van der Waals surface area (Å²) in [5.41, 5.74) is 6.20. The van der Waals surface area contributed by atoms with E-state index in [0.29, 0.717) is 6.04 Å². The summed E-state index contributed by atoms with van der Waals surface area (Å²) in [7, 11) is 2.04. The van der Waals surface area contributed by atoms with Crippen molar-refractivity contribution in [3.05, 3.63) is 51.9 Å². The van der Waals surface area contributed by atoms with Crippen LogP contribution < -0.4 is 4.90 Å². The summed E-state index contributed by atoms with van der Waals surface area (Å²) in [6.07, 6.45) is 9.51. The highest BCUT2D eigenvalue weighted by Crippen LogP contribution is 2.46. The Hall–Kier alpha value is -2.80. The molecule has 158 valence electrons. The molecule has 1 fully saturated rings. The van der Waals surface area contributed by atoms with E-state index in [1.54, 1.807) is 6.20 Å². The Morgan fingerprint density at radius 2 is 2.03 bits per heavy atom. The Morgan fingerprint density at radius 3 is 2.81 bits per heavy atom. The Kier molecular flexibility index (Phi) is 4.35. The minimum atomic E-state index is 0.311. The number of anilines is 1. The lowest BCUT2D eigenvalue weighted by atomic mass is 10.0. The van der Waals surface area contributed by atoms with Gasteiger partial charge in [0.15, 0.2) is 5.82 Å². The van der Waals surface area contributed by atoms with E-state index in [4.69, 9.17) is 15.1 Å². The number of hydrogen-bond donors (Lipinski definition) is 0. The van der Waals surface area contributed by atoms with Crippen molar-refractivity contribution in [3.8, 4) is 11.4 Å². The molecule has 1 saturated heterocycles. The summed E-state index contributed by atoms with van der Waals surface area (Å²) >= 11 is 1.86. The quantitative estimate of drug-likeness (QED) is 0.461. The van der Waals surface area contributed by atoms with E-state index in [1.165, 1.54) is 46.3 Å². The molecule has 5 heterocycles. The van der Waals surface area contributed by atoms with Crippen molar-refractivity contribution in [2.75, 3.05) is 11.4 Å². The smallest absolute Gasteiger partial charge is 0.164 e. The Bertz CT molecular complexity index is 1290. The number of aryl methyl sites for hydroxylation is 4. The van der Waals surface area contributed by atoms with Crippen LogP contribution in [0.2, 0.25) is 0 Å². The molecule has 0 amide bonds. The number of nitrogens with zero attached hydrogens (tertiary/aromatic N) is 6. The fourth-order valence-corrected chi connectivity index (χ4v) is 6.66. The molecular formula is C24H26N6S. The average Bonchev–Trinajstić information content (AvgIpc) is 3.53. The van der Waals surface area contributed by atoms with Crippen LogP contribution in [0, 0.1) is 13.8 Å². The highest BCUT2D eigenvalue weighted by molar-refractivity contribution is 7.19. The fourth-order valence-electron chi connectivity index (χ4n) is 5.40. The van der Waals surface area contributed by atoms with Crippen LogP contribution in [0.15, 0.2) is 24.5 Å². The van der Waals surface area contributed by atoms with Gasteiger partial charge in [-0.25, -0.2) is 9.97 Å². The van der Waals surface area contributed by atoms with Gasteiger partial charge in [0.2, 0.25) is 0 Å². The Labute approximate surface area is 186 Å². The van der Waals surface area contributed by atoms with Gasteiger partial charge < -0.3 is 4.90 Å². The highest BCUT2D eigenvalue weighted by Gasteiger charge is 2.34. The predicted molar refractivity (Wildman–Crippen MR) is 125 cm³/mol. The predicted octanol–water partition coefficient (Wildman–Crippen LogP) is 4.93. The Morgan fingerprint density at radius 1 is 1.13 bits per heavy atom. The van der Waals surface area contributed by atoms with Crippen LogP contribution in [-0.2, 0) is 19.9 Å². The summed E-state index contributed by atoms with van der Waals surface area (Å²) in [6, 6.07) is 4.32. The van der Waals surface area contributed by atoms with Crippen LogP contribution in [0.4, 0.5) is 5.82 Å². The van der Waals surface area contributed by atoms with Crippen LogP contribution >= 0.6 is 11.3 Å². The van der Waals surface area contributed by atoms with E-state index < -0.39 is 0 Å². The van der Waals surface area contributed by atoms with Gasteiger partial charge in [0.05, 0.1) is 17.1 Å². The van der Waals surface area contributed by atoms with Gasteiger partial charge in [-0.1, -0.05) is 0 Å². The second-order valence-corrected chi connectivity index (χ2v) is 9.79. The zero-order valence-electron chi connectivity index (χ0n) is 18.2. The fraction of sp³-hybridized carbons (Fsp3) is 0.417. The van der Waals surface area contributed by atoms with Crippen molar-refractivity contribution in [1.29, 1.82) is 0 Å². The van der Waals surface area contributed by atoms with E-state index in [9.17, 15) is 0 Å². The number of thiophene rings is 1. The molecular weight excluding hydrogens is 404 g/mol. The van der Waals surface area contributed by atoms with Crippen molar-refractivity contribution in [2.45, 2.75) is 52.0 Å². The zero-order valence-corrected chi connectivity index (χ0v) is 19.0. The van der Waals surface area contributed by atoms with Crippen molar-refractivity contribution in [3.63, 3.8) is 0 Å². The molecule has 0 aromatic carbocycles. The summed E-state index contributed by atoms with van der Waals surface area (Å²) in [5.74, 6) is 1.88. The molecule has 7 heteroatoms. The first kappa shape index (κ1) is 18.9. The highest BCUT2D eigenvalue weighted by atomic mass is 32.1. The summed E-state index contributed by atoms with van der Waals surface area (Å²) in [6.45, 7) is 5.34. The first-order valence-electron chi connectivity index (χ1n) is 11.1. The first-order chi connectivity index (χ1) is 15.1. The van der Waals surface area contributed by atoms with Gasteiger partial charge in [-0.2, -0.15) is 5.10 Å². The minimum Gasteiger partial charge on any atom is -0.349 e. The van der Waals surface area contributed by atoms with Crippen LogP contribution in [-0.4, -0.2) is 31.3 Å². The van der Waals surface area contributed by atoms with E-state index in [1.807, 2.05) is 35.3 Å². The molecule has 4 aromatic heterocycles. The van der Waals surface area contributed by atoms with Crippen LogP contribution in [0.1, 0.15) is 52.7 Å². The normalized spacial score (nSPS) is 18.3. The van der Waals surface area contributed by atoms with E-state index in [2.05, 4.69) is 29.8 Å². The second kappa shape index (κ2) is 7.12. The zero-order chi connectivity index (χ0) is 21.1. The lowest BCUT2D eigenvalue weighted by molar-refractivity contribution is 0.695. The van der Waals surface area contributed by atoms with E-state index in [-0.39, 0.29) is 0 Å². The minimum absolute atomic E-state index is 0.311. The molecule has 1 aliphatic carbocycles. The summed E-state index contributed by atoms with van der Waals surface area (Å²) in [4.78, 5) is 19.7. The average molecular weight is 431 g/mol. The number of aromatic nitrogens is 5. The molecule has 1 aliphatic heterocycles. The Balaban J connectivity index is 1.57. The first-order valence-corrected chi connectivity index (χ1v) is 11.9. The number of fused-ring (bicyclic) bond motifs is 3. The maximum absolute atomic E-state index is 5.20. The number of hydrogen-bond acceptors (Lipinski definition) is 6. The van der Waals surface area contributed by atoms with Crippen molar-refractivity contribution >= 4 is 27.4 Å². The van der Waals surface area contributed by atoms with Crippen LogP contribution in [0.25, 0.3) is 21.6 Å². The monoisotopic (exact) mass is 430 g/mol. The van der Waals surface area contributed by atoms with Crippen LogP contribution in [0.3, 0.4) is 0 Å². The lowest BCUT2D eigenvalue weighted by Crippen LogP contribution is -2.25. The summed E-state index contributed by atoms with van der Waals surface area (Å²) in [5, 5.41) is 6.00. The molecule has 2 aliphatic rings. The van der Waals surface area contributed by atoms with Gasteiger partial charge in [-0.05, 0) is 63.6 Å². The molecule has 0 spiro atoms. The molecule has 1 unspecified atom stereocenters. The molecule has 31 heavy (non-hydrogen) atoms. The molecule has 0 N–H and O–H groups in total. The summed E-state index contributed by atoms with van der Waals surface area (Å²) < 4.78 is 2.01. The third-order valence-corrected chi connectivity index (χ3v) is 8.07. The molecule has 0 saturated carbocycles. The van der Waals surface area contributed by atoms with Gasteiger partial charge in [0.1, 0.15) is 10.6 Å². The van der Waals surface area contributed by atoms with Gasteiger partial charge in [0.25, 0.3) is 0 Å². The largest absolute Gasteiger partial charge is 0.349 e. The van der Waals surface area contributed by atoms with Gasteiger partial charge in [-0.3, -0.25) is 9.67 Å². The molecule has 0 radical (unpaired) electrons. The number of rotatable bonds is 3.